The first-order chi connectivity index (χ1) is 11.4. The number of guanidine groups is 1. The zero-order valence-electron chi connectivity index (χ0n) is 14.4. The number of hydrogen-bond acceptors (Lipinski definition) is 5. The summed E-state index contributed by atoms with van der Waals surface area (Å²) in [5.41, 5.74) is 0. The third kappa shape index (κ3) is 5.37. The van der Waals surface area contributed by atoms with Crippen LogP contribution in [0.2, 0.25) is 0 Å². The molecule has 6 nitrogen and oxygen atoms in total. The molecule has 0 radical (unpaired) electrons. The summed E-state index contributed by atoms with van der Waals surface area (Å²) in [4.78, 5) is 6.60. The van der Waals surface area contributed by atoms with Gasteiger partial charge in [-0.05, 0) is 17.4 Å². The Labute approximate surface area is 153 Å². The predicted molar refractivity (Wildman–Crippen MR) is 104 cm³/mol. The van der Waals surface area contributed by atoms with Gasteiger partial charge in [-0.1, -0.05) is 19.9 Å². The highest BCUT2D eigenvalue weighted by Crippen LogP contribution is 2.24. The molecule has 2 heterocycles. The van der Waals surface area contributed by atoms with E-state index in [1.807, 2.05) is 11.8 Å². The Morgan fingerprint density at radius 3 is 2.88 bits per heavy atom. The number of thiophene rings is 1. The molecule has 0 aliphatic carbocycles. The van der Waals surface area contributed by atoms with Crippen molar-refractivity contribution >= 4 is 39.1 Å². The van der Waals surface area contributed by atoms with Gasteiger partial charge < -0.3 is 10.2 Å². The maximum Gasteiger partial charge on any atom is 0.250 e. The monoisotopic (exact) mass is 390 g/mol. The summed E-state index contributed by atoms with van der Waals surface area (Å²) >= 11 is 3.24. The predicted octanol–water partition coefficient (Wildman–Crippen LogP) is 1.68. The second kappa shape index (κ2) is 9.07. The lowest BCUT2D eigenvalue weighted by Gasteiger charge is -2.36. The first-order valence-corrected chi connectivity index (χ1v) is 11.5. The number of nitrogens with one attached hydrogen (secondary N) is 2. The van der Waals surface area contributed by atoms with Crippen LogP contribution in [0.25, 0.3) is 0 Å². The Balaban J connectivity index is 1.80. The summed E-state index contributed by atoms with van der Waals surface area (Å²) in [7, 11) is -1.63. The normalized spacial score (nSPS) is 19.8. The molecule has 1 aromatic rings. The molecule has 1 atom stereocenters. The minimum absolute atomic E-state index is 0.329. The van der Waals surface area contributed by atoms with Crippen LogP contribution in [0, 0.1) is 5.92 Å². The van der Waals surface area contributed by atoms with Crippen molar-refractivity contribution in [3.8, 4) is 0 Å². The van der Waals surface area contributed by atoms with Gasteiger partial charge in [0.1, 0.15) is 4.21 Å². The fourth-order valence-corrected chi connectivity index (χ4v) is 5.82. The minimum atomic E-state index is -3.39. The molecule has 1 unspecified atom stereocenters. The van der Waals surface area contributed by atoms with Gasteiger partial charge in [-0.2, -0.15) is 11.8 Å². The van der Waals surface area contributed by atoms with E-state index in [-0.39, 0.29) is 0 Å². The van der Waals surface area contributed by atoms with Gasteiger partial charge in [-0.15, -0.1) is 11.3 Å². The number of rotatable bonds is 6. The van der Waals surface area contributed by atoms with Crippen LogP contribution < -0.4 is 10.0 Å². The van der Waals surface area contributed by atoms with E-state index in [0.29, 0.717) is 28.5 Å². The van der Waals surface area contributed by atoms with E-state index in [9.17, 15) is 8.42 Å². The largest absolute Gasteiger partial charge is 0.355 e. The zero-order valence-corrected chi connectivity index (χ0v) is 16.8. The molecular formula is C15H26N4O2S3. The maximum absolute atomic E-state index is 12.1. The summed E-state index contributed by atoms with van der Waals surface area (Å²) < 4.78 is 27.1. The Hall–Kier alpha value is -0.770. The topological polar surface area (TPSA) is 73.8 Å². The molecule has 0 amide bonds. The highest BCUT2D eigenvalue weighted by atomic mass is 32.2. The van der Waals surface area contributed by atoms with Crippen LogP contribution in [-0.4, -0.2) is 63.5 Å². The van der Waals surface area contributed by atoms with E-state index >= 15 is 0 Å². The van der Waals surface area contributed by atoms with Crippen LogP contribution in [0.3, 0.4) is 0 Å². The fourth-order valence-electron chi connectivity index (χ4n) is 2.45. The van der Waals surface area contributed by atoms with Crippen molar-refractivity contribution in [3.63, 3.8) is 0 Å². The van der Waals surface area contributed by atoms with Crippen molar-refractivity contribution in [2.45, 2.75) is 23.3 Å². The lowest BCUT2D eigenvalue weighted by atomic mass is 10.1. The van der Waals surface area contributed by atoms with Gasteiger partial charge in [0.25, 0.3) is 0 Å². The summed E-state index contributed by atoms with van der Waals surface area (Å²) in [6.07, 6.45) is 0. The molecule has 1 aliphatic heterocycles. The first-order valence-electron chi connectivity index (χ1n) is 8.04. The van der Waals surface area contributed by atoms with Gasteiger partial charge in [-0.25, -0.2) is 13.1 Å². The standard InChI is InChI=1S/C15H26N4O2S3/c1-12(2)13-11-19(8-10-22-13)15(16-3)17-6-7-18-24(20,21)14-5-4-9-23-14/h4-5,9,12-13,18H,6-8,10-11H2,1-3H3,(H,16,17). The summed E-state index contributed by atoms with van der Waals surface area (Å²) in [6.45, 7) is 7.27. The molecule has 0 saturated carbocycles. The molecule has 0 spiro atoms. The smallest absolute Gasteiger partial charge is 0.250 e. The Morgan fingerprint density at radius 1 is 1.46 bits per heavy atom. The van der Waals surface area contributed by atoms with Crippen LogP contribution in [0.1, 0.15) is 13.8 Å². The van der Waals surface area contributed by atoms with Crippen molar-refractivity contribution < 1.29 is 8.42 Å². The summed E-state index contributed by atoms with van der Waals surface area (Å²) in [5, 5.41) is 5.62. The molecule has 0 bridgehead atoms. The molecule has 1 aliphatic rings. The van der Waals surface area contributed by atoms with E-state index in [0.717, 1.165) is 24.8 Å². The first kappa shape index (κ1) is 19.6. The molecule has 1 aromatic heterocycles. The second-order valence-corrected chi connectivity index (χ2v) is 10.2. The number of hydrogen-bond donors (Lipinski definition) is 2. The van der Waals surface area contributed by atoms with Crippen LogP contribution >= 0.6 is 23.1 Å². The zero-order chi connectivity index (χ0) is 17.6. The Kier molecular flexibility index (Phi) is 7.39. The summed E-state index contributed by atoms with van der Waals surface area (Å²) in [6, 6.07) is 3.34. The van der Waals surface area contributed by atoms with Crippen LogP contribution in [-0.2, 0) is 10.0 Å². The van der Waals surface area contributed by atoms with E-state index in [4.69, 9.17) is 0 Å². The number of aliphatic imine (C=N–C) groups is 1. The van der Waals surface area contributed by atoms with Crippen LogP contribution in [0.4, 0.5) is 0 Å². The van der Waals surface area contributed by atoms with Gasteiger partial charge in [0.15, 0.2) is 5.96 Å². The van der Waals surface area contributed by atoms with Crippen LogP contribution in [0.15, 0.2) is 26.7 Å². The molecule has 9 heteroatoms. The van der Waals surface area contributed by atoms with E-state index in [1.165, 1.54) is 11.3 Å². The quantitative estimate of drug-likeness (QED) is 0.439. The maximum atomic E-state index is 12.1. The lowest BCUT2D eigenvalue weighted by Crippen LogP contribution is -2.50. The molecule has 0 aromatic carbocycles. The molecule has 2 rings (SSSR count). The molecular weight excluding hydrogens is 364 g/mol. The minimum Gasteiger partial charge on any atom is -0.355 e. The van der Waals surface area contributed by atoms with Crippen molar-refractivity contribution in [1.29, 1.82) is 0 Å². The lowest BCUT2D eigenvalue weighted by molar-refractivity contribution is 0.381. The fraction of sp³-hybridized carbons (Fsp3) is 0.667. The SMILES string of the molecule is CN=C(NCCNS(=O)(=O)c1cccs1)N1CCSC(C(C)C)C1. The molecule has 24 heavy (non-hydrogen) atoms. The molecule has 1 fully saturated rings. The van der Waals surface area contributed by atoms with Crippen molar-refractivity contribution in [1.82, 2.24) is 14.9 Å². The van der Waals surface area contributed by atoms with Gasteiger partial charge in [0, 0.05) is 44.2 Å². The van der Waals surface area contributed by atoms with Crippen molar-refractivity contribution in [2.24, 2.45) is 10.9 Å². The van der Waals surface area contributed by atoms with Gasteiger partial charge >= 0.3 is 0 Å². The van der Waals surface area contributed by atoms with Crippen molar-refractivity contribution in [3.05, 3.63) is 17.5 Å². The molecule has 2 N–H and O–H groups in total. The van der Waals surface area contributed by atoms with Gasteiger partial charge in [0.2, 0.25) is 10.0 Å². The Morgan fingerprint density at radius 2 is 2.25 bits per heavy atom. The summed E-state index contributed by atoms with van der Waals surface area (Å²) in [5.74, 6) is 2.57. The molecule has 136 valence electrons. The average molecular weight is 391 g/mol. The second-order valence-electron chi connectivity index (χ2n) is 5.90. The number of nitrogens with zero attached hydrogens (tertiary/aromatic N) is 2. The van der Waals surface area contributed by atoms with E-state index in [2.05, 4.69) is 33.8 Å². The van der Waals surface area contributed by atoms with E-state index in [1.54, 1.807) is 24.6 Å². The van der Waals surface area contributed by atoms with Crippen LogP contribution in [0.5, 0.6) is 0 Å². The highest BCUT2D eigenvalue weighted by Gasteiger charge is 2.24. The number of thioether (sulfide) groups is 1. The van der Waals surface area contributed by atoms with Gasteiger partial charge in [0.05, 0.1) is 0 Å². The number of sulfonamides is 1. The molecule has 1 saturated heterocycles. The average Bonchev–Trinajstić information content (AvgIpc) is 3.10. The van der Waals surface area contributed by atoms with Crippen molar-refractivity contribution in [2.75, 3.05) is 39.0 Å². The third-order valence-electron chi connectivity index (χ3n) is 3.81. The Bertz CT molecular complexity index is 629. The highest BCUT2D eigenvalue weighted by molar-refractivity contribution is 8.00. The third-order valence-corrected chi connectivity index (χ3v) is 8.21. The van der Waals surface area contributed by atoms with E-state index < -0.39 is 10.0 Å². The van der Waals surface area contributed by atoms with Gasteiger partial charge in [-0.3, -0.25) is 4.99 Å².